The molecule has 0 heterocycles. The highest BCUT2D eigenvalue weighted by molar-refractivity contribution is 6.01. The number of hydrogen-bond acceptors (Lipinski definition) is 3. The molecule has 18 heavy (non-hydrogen) atoms. The van der Waals surface area contributed by atoms with Crippen LogP contribution < -0.4 is 0 Å². The standard InChI is InChI=1S/C14H19NO3/c1-9-5-6-10(2)12(7-9)14(18)11(3)15(4)8-13(16)17/h5-7,11H,8H2,1-4H3,(H,16,17). The molecule has 0 aliphatic carbocycles. The van der Waals surface area contributed by atoms with Gasteiger partial charge in [-0.1, -0.05) is 17.7 Å². The van der Waals surface area contributed by atoms with Gasteiger partial charge in [-0.15, -0.1) is 0 Å². The molecule has 0 aromatic heterocycles. The lowest BCUT2D eigenvalue weighted by atomic mass is 9.98. The van der Waals surface area contributed by atoms with Crippen molar-refractivity contribution in [3.63, 3.8) is 0 Å². The Morgan fingerprint density at radius 1 is 1.33 bits per heavy atom. The van der Waals surface area contributed by atoms with Gasteiger partial charge < -0.3 is 5.11 Å². The second-order valence-electron chi connectivity index (χ2n) is 4.67. The van der Waals surface area contributed by atoms with Gasteiger partial charge in [0.1, 0.15) is 0 Å². The summed E-state index contributed by atoms with van der Waals surface area (Å²) < 4.78 is 0. The summed E-state index contributed by atoms with van der Waals surface area (Å²) in [5.74, 6) is -0.974. The van der Waals surface area contributed by atoms with Gasteiger partial charge in [0.2, 0.25) is 0 Å². The molecule has 1 atom stereocenters. The van der Waals surface area contributed by atoms with E-state index in [-0.39, 0.29) is 12.3 Å². The van der Waals surface area contributed by atoms with E-state index >= 15 is 0 Å². The normalized spacial score (nSPS) is 12.5. The summed E-state index contributed by atoms with van der Waals surface area (Å²) >= 11 is 0. The first-order valence-electron chi connectivity index (χ1n) is 5.86. The van der Waals surface area contributed by atoms with E-state index in [9.17, 15) is 9.59 Å². The van der Waals surface area contributed by atoms with E-state index in [1.165, 1.54) is 4.90 Å². The van der Waals surface area contributed by atoms with Gasteiger partial charge >= 0.3 is 5.97 Å². The number of nitrogens with zero attached hydrogens (tertiary/aromatic N) is 1. The van der Waals surface area contributed by atoms with Gasteiger partial charge in [0.15, 0.2) is 5.78 Å². The minimum atomic E-state index is -0.932. The molecule has 0 saturated carbocycles. The maximum atomic E-state index is 12.3. The Hall–Kier alpha value is -1.68. The zero-order valence-electron chi connectivity index (χ0n) is 11.2. The van der Waals surface area contributed by atoms with E-state index < -0.39 is 12.0 Å². The van der Waals surface area contributed by atoms with Crippen LogP contribution in [0.3, 0.4) is 0 Å². The average Bonchev–Trinajstić information content (AvgIpc) is 2.29. The topological polar surface area (TPSA) is 57.6 Å². The molecule has 0 aliphatic heterocycles. The maximum Gasteiger partial charge on any atom is 0.317 e. The van der Waals surface area contributed by atoms with Crippen LogP contribution in [0.5, 0.6) is 0 Å². The predicted octanol–water partition coefficient (Wildman–Crippen LogP) is 1.89. The summed E-state index contributed by atoms with van der Waals surface area (Å²) in [7, 11) is 1.64. The van der Waals surface area contributed by atoms with Crippen molar-refractivity contribution in [2.75, 3.05) is 13.6 Å². The van der Waals surface area contributed by atoms with Crippen molar-refractivity contribution in [1.82, 2.24) is 4.90 Å². The van der Waals surface area contributed by atoms with Crippen molar-refractivity contribution in [1.29, 1.82) is 0 Å². The molecular weight excluding hydrogens is 230 g/mol. The van der Waals surface area contributed by atoms with Gasteiger partial charge in [0, 0.05) is 5.56 Å². The maximum absolute atomic E-state index is 12.3. The minimum Gasteiger partial charge on any atom is -0.480 e. The van der Waals surface area contributed by atoms with E-state index in [4.69, 9.17) is 5.11 Å². The van der Waals surface area contributed by atoms with Crippen molar-refractivity contribution in [3.8, 4) is 0 Å². The van der Waals surface area contributed by atoms with Crippen LogP contribution in [0.15, 0.2) is 18.2 Å². The van der Waals surface area contributed by atoms with Crippen molar-refractivity contribution in [3.05, 3.63) is 34.9 Å². The van der Waals surface area contributed by atoms with Crippen LogP contribution in [0.1, 0.15) is 28.4 Å². The number of carboxylic acid groups (broad SMARTS) is 1. The first-order valence-corrected chi connectivity index (χ1v) is 5.86. The summed E-state index contributed by atoms with van der Waals surface area (Å²) in [4.78, 5) is 24.5. The fraction of sp³-hybridized carbons (Fsp3) is 0.429. The third kappa shape index (κ3) is 3.40. The lowest BCUT2D eigenvalue weighted by molar-refractivity contribution is -0.138. The van der Waals surface area contributed by atoms with Gasteiger partial charge in [0.05, 0.1) is 12.6 Å². The van der Waals surface area contributed by atoms with E-state index in [2.05, 4.69) is 0 Å². The van der Waals surface area contributed by atoms with Crippen LogP contribution >= 0.6 is 0 Å². The van der Waals surface area contributed by atoms with Gasteiger partial charge in [-0.2, -0.15) is 0 Å². The fourth-order valence-electron chi connectivity index (χ4n) is 1.78. The Morgan fingerprint density at radius 2 is 1.94 bits per heavy atom. The van der Waals surface area contributed by atoms with Gasteiger partial charge in [-0.3, -0.25) is 14.5 Å². The molecule has 0 amide bonds. The number of carbonyl (C=O) groups excluding carboxylic acids is 1. The highest BCUT2D eigenvalue weighted by atomic mass is 16.4. The summed E-state index contributed by atoms with van der Waals surface area (Å²) in [6, 6.07) is 5.27. The number of carboxylic acids is 1. The fourth-order valence-corrected chi connectivity index (χ4v) is 1.78. The quantitative estimate of drug-likeness (QED) is 0.810. The smallest absolute Gasteiger partial charge is 0.317 e. The number of aryl methyl sites for hydroxylation is 2. The van der Waals surface area contributed by atoms with Crippen molar-refractivity contribution in [2.45, 2.75) is 26.8 Å². The van der Waals surface area contributed by atoms with Crippen LogP contribution in [0.25, 0.3) is 0 Å². The summed E-state index contributed by atoms with van der Waals surface area (Å²) in [5.41, 5.74) is 2.61. The highest BCUT2D eigenvalue weighted by Crippen LogP contribution is 2.14. The van der Waals surface area contributed by atoms with Crippen molar-refractivity contribution < 1.29 is 14.7 Å². The number of aliphatic carboxylic acids is 1. The van der Waals surface area contributed by atoms with Crippen molar-refractivity contribution in [2.24, 2.45) is 0 Å². The molecule has 4 nitrogen and oxygen atoms in total. The Kier molecular flexibility index (Phi) is 4.62. The third-order valence-corrected chi connectivity index (χ3v) is 3.08. The molecule has 0 saturated heterocycles. The lowest BCUT2D eigenvalue weighted by Crippen LogP contribution is -2.39. The van der Waals surface area contributed by atoms with Crippen LogP contribution in [-0.2, 0) is 4.79 Å². The van der Waals surface area contributed by atoms with E-state index in [0.717, 1.165) is 11.1 Å². The molecular formula is C14H19NO3. The minimum absolute atomic E-state index is 0.0417. The van der Waals surface area contributed by atoms with E-state index in [1.54, 1.807) is 14.0 Å². The molecule has 1 aromatic rings. The van der Waals surface area contributed by atoms with Crippen LogP contribution in [0, 0.1) is 13.8 Å². The van der Waals surface area contributed by atoms with Crippen LogP contribution in [0.4, 0.5) is 0 Å². The Morgan fingerprint density at radius 3 is 2.50 bits per heavy atom. The number of likely N-dealkylation sites (N-methyl/N-ethyl adjacent to an activating group) is 1. The monoisotopic (exact) mass is 249 g/mol. The molecule has 1 unspecified atom stereocenters. The number of ketones is 1. The SMILES string of the molecule is Cc1ccc(C)c(C(=O)C(C)N(C)CC(=O)O)c1. The molecule has 0 spiro atoms. The highest BCUT2D eigenvalue weighted by Gasteiger charge is 2.22. The predicted molar refractivity (Wildman–Crippen MR) is 70.0 cm³/mol. The van der Waals surface area contributed by atoms with Gasteiger partial charge in [-0.05, 0) is 39.4 Å². The molecule has 0 aliphatic rings. The molecule has 0 radical (unpaired) electrons. The molecule has 98 valence electrons. The Bertz CT molecular complexity index is 468. The number of rotatable bonds is 5. The Balaban J connectivity index is 2.92. The summed E-state index contributed by atoms with van der Waals surface area (Å²) in [6.45, 7) is 5.41. The van der Waals surface area contributed by atoms with E-state index in [0.29, 0.717) is 5.56 Å². The second-order valence-corrected chi connectivity index (χ2v) is 4.67. The van der Waals surface area contributed by atoms with Crippen LogP contribution in [-0.4, -0.2) is 41.4 Å². The molecule has 1 aromatic carbocycles. The number of benzene rings is 1. The molecule has 4 heteroatoms. The largest absolute Gasteiger partial charge is 0.480 e. The zero-order chi connectivity index (χ0) is 13.9. The first kappa shape index (κ1) is 14.4. The summed E-state index contributed by atoms with van der Waals surface area (Å²) in [6.07, 6.45) is 0. The zero-order valence-corrected chi connectivity index (χ0v) is 11.2. The molecule has 0 bridgehead atoms. The molecule has 1 N–H and O–H groups in total. The summed E-state index contributed by atoms with van der Waals surface area (Å²) in [5, 5.41) is 8.73. The van der Waals surface area contributed by atoms with Crippen molar-refractivity contribution >= 4 is 11.8 Å². The third-order valence-electron chi connectivity index (χ3n) is 3.08. The van der Waals surface area contributed by atoms with Crippen LogP contribution in [0.2, 0.25) is 0 Å². The molecule has 0 fully saturated rings. The second kappa shape index (κ2) is 5.78. The number of Topliss-reactive ketones (excluding diaryl/α,β-unsaturated/α-hetero) is 1. The average molecular weight is 249 g/mol. The van der Waals surface area contributed by atoms with E-state index in [1.807, 2.05) is 32.0 Å². The lowest BCUT2D eigenvalue weighted by Gasteiger charge is -2.22. The van der Waals surface area contributed by atoms with Gasteiger partial charge in [0.25, 0.3) is 0 Å². The number of carbonyl (C=O) groups is 2. The first-order chi connectivity index (χ1) is 8.32. The molecule has 1 rings (SSSR count). The number of hydrogen-bond donors (Lipinski definition) is 1. The Labute approximate surface area is 107 Å². The van der Waals surface area contributed by atoms with Gasteiger partial charge in [-0.25, -0.2) is 0 Å².